The number of nitrogens with zero attached hydrogens (tertiary/aromatic N) is 1. The second kappa shape index (κ2) is 5.24. The Hall–Kier alpha value is -0.710. The van der Waals surface area contributed by atoms with Crippen molar-refractivity contribution in [2.24, 2.45) is 0 Å². The van der Waals surface area contributed by atoms with Gasteiger partial charge < -0.3 is 9.64 Å². The number of likely N-dealkylation sites (tertiary alicyclic amines) is 1. The molecular weight excluding hydrogens is 192 g/mol. The molecule has 1 fully saturated rings. The maximum atomic E-state index is 12.0. The third kappa shape index (κ3) is 2.90. The van der Waals surface area contributed by atoms with E-state index in [1.807, 2.05) is 6.92 Å². The van der Waals surface area contributed by atoms with Gasteiger partial charge in [-0.15, -0.1) is 0 Å². The SMILES string of the molecule is CCOC1CCN(C(=O)C(F)F)CC1. The Morgan fingerprint density at radius 1 is 1.50 bits per heavy atom. The van der Waals surface area contributed by atoms with E-state index in [4.69, 9.17) is 4.74 Å². The van der Waals surface area contributed by atoms with E-state index in [0.29, 0.717) is 32.5 Å². The van der Waals surface area contributed by atoms with E-state index in [0.717, 1.165) is 0 Å². The first-order chi connectivity index (χ1) is 6.65. The van der Waals surface area contributed by atoms with Gasteiger partial charge in [0.05, 0.1) is 6.10 Å². The van der Waals surface area contributed by atoms with Crippen LogP contribution in [0.5, 0.6) is 0 Å². The summed E-state index contributed by atoms with van der Waals surface area (Å²) in [7, 11) is 0. The summed E-state index contributed by atoms with van der Waals surface area (Å²) >= 11 is 0. The molecule has 1 heterocycles. The third-order valence-electron chi connectivity index (χ3n) is 2.34. The molecule has 0 bridgehead atoms. The van der Waals surface area contributed by atoms with Crippen molar-refractivity contribution in [2.75, 3.05) is 19.7 Å². The zero-order valence-corrected chi connectivity index (χ0v) is 8.21. The fraction of sp³-hybridized carbons (Fsp3) is 0.889. The van der Waals surface area contributed by atoms with Gasteiger partial charge in [-0.05, 0) is 19.8 Å². The molecule has 0 aromatic carbocycles. The Morgan fingerprint density at radius 2 is 2.07 bits per heavy atom. The molecule has 0 aromatic rings. The van der Waals surface area contributed by atoms with Crippen molar-refractivity contribution in [3.8, 4) is 0 Å². The molecule has 1 rings (SSSR count). The van der Waals surface area contributed by atoms with Crippen LogP contribution in [0.15, 0.2) is 0 Å². The van der Waals surface area contributed by atoms with E-state index in [1.165, 1.54) is 4.90 Å². The van der Waals surface area contributed by atoms with Crippen LogP contribution in [0.25, 0.3) is 0 Å². The minimum atomic E-state index is -2.88. The minimum absolute atomic E-state index is 0.127. The second-order valence-electron chi connectivity index (χ2n) is 3.28. The molecule has 1 aliphatic rings. The molecule has 3 nitrogen and oxygen atoms in total. The quantitative estimate of drug-likeness (QED) is 0.697. The topological polar surface area (TPSA) is 29.5 Å². The van der Waals surface area contributed by atoms with Gasteiger partial charge in [-0.1, -0.05) is 0 Å². The highest BCUT2D eigenvalue weighted by molar-refractivity contribution is 5.79. The predicted octanol–water partition coefficient (Wildman–Crippen LogP) is 1.28. The maximum absolute atomic E-state index is 12.0. The Balaban J connectivity index is 2.32. The number of rotatable bonds is 3. The fourth-order valence-electron chi connectivity index (χ4n) is 1.62. The lowest BCUT2D eigenvalue weighted by molar-refractivity contribution is -0.145. The molecule has 0 radical (unpaired) electrons. The molecule has 5 heteroatoms. The van der Waals surface area contributed by atoms with E-state index in [1.54, 1.807) is 0 Å². The normalized spacial score (nSPS) is 19.0. The van der Waals surface area contributed by atoms with Crippen LogP contribution >= 0.6 is 0 Å². The first kappa shape index (κ1) is 11.4. The van der Waals surface area contributed by atoms with E-state index in [9.17, 15) is 13.6 Å². The molecule has 0 unspecified atom stereocenters. The van der Waals surface area contributed by atoms with Crippen LogP contribution in [0.3, 0.4) is 0 Å². The summed E-state index contributed by atoms with van der Waals surface area (Å²) in [6, 6.07) is 0. The summed E-state index contributed by atoms with van der Waals surface area (Å²) in [5.41, 5.74) is 0. The molecule has 0 spiro atoms. The monoisotopic (exact) mass is 207 g/mol. The fourth-order valence-corrected chi connectivity index (χ4v) is 1.62. The van der Waals surface area contributed by atoms with Crippen LogP contribution in [-0.4, -0.2) is 43.0 Å². The van der Waals surface area contributed by atoms with E-state index >= 15 is 0 Å². The van der Waals surface area contributed by atoms with Gasteiger partial charge in [-0.2, -0.15) is 8.78 Å². The molecule has 0 N–H and O–H groups in total. The Morgan fingerprint density at radius 3 is 2.50 bits per heavy atom. The number of alkyl halides is 2. The van der Waals surface area contributed by atoms with Gasteiger partial charge in [0, 0.05) is 19.7 Å². The summed E-state index contributed by atoms with van der Waals surface area (Å²) in [6.07, 6.45) is -1.43. The smallest absolute Gasteiger partial charge is 0.315 e. The molecule has 0 aliphatic carbocycles. The first-order valence-electron chi connectivity index (χ1n) is 4.83. The van der Waals surface area contributed by atoms with Gasteiger partial charge in [0.15, 0.2) is 0 Å². The van der Waals surface area contributed by atoms with Crippen molar-refractivity contribution in [1.29, 1.82) is 0 Å². The summed E-state index contributed by atoms with van der Waals surface area (Å²) in [6.45, 7) is 3.30. The zero-order valence-electron chi connectivity index (χ0n) is 8.21. The zero-order chi connectivity index (χ0) is 10.6. The van der Waals surface area contributed by atoms with Crippen LogP contribution in [0.2, 0.25) is 0 Å². The molecule has 0 atom stereocenters. The largest absolute Gasteiger partial charge is 0.378 e. The molecule has 0 aromatic heterocycles. The number of halogens is 2. The Labute approximate surface area is 82.0 Å². The Kier molecular flexibility index (Phi) is 4.25. The maximum Gasteiger partial charge on any atom is 0.315 e. The molecule has 1 aliphatic heterocycles. The lowest BCUT2D eigenvalue weighted by atomic mass is 10.1. The van der Waals surface area contributed by atoms with Crippen LogP contribution in [0, 0.1) is 0 Å². The summed E-state index contributed by atoms with van der Waals surface area (Å²) in [5, 5.41) is 0. The number of ether oxygens (including phenoxy) is 1. The number of carbonyl (C=O) groups excluding carboxylic acids is 1. The Bertz CT molecular complexity index is 191. The summed E-state index contributed by atoms with van der Waals surface area (Å²) < 4.78 is 29.4. The van der Waals surface area contributed by atoms with Gasteiger partial charge in [-0.25, -0.2) is 0 Å². The van der Waals surface area contributed by atoms with E-state index in [-0.39, 0.29) is 6.10 Å². The standard InChI is InChI=1S/C9H15F2NO2/c1-2-14-7-3-5-12(6-4-7)9(13)8(10)11/h7-8H,2-6H2,1H3. The van der Waals surface area contributed by atoms with Gasteiger partial charge in [0.1, 0.15) is 0 Å². The molecule has 82 valence electrons. The highest BCUT2D eigenvalue weighted by Gasteiger charge is 2.27. The number of piperidine rings is 1. The molecule has 0 saturated carbocycles. The number of hydrogen-bond donors (Lipinski definition) is 0. The van der Waals surface area contributed by atoms with E-state index in [2.05, 4.69) is 0 Å². The van der Waals surface area contributed by atoms with Crippen molar-refractivity contribution < 1.29 is 18.3 Å². The van der Waals surface area contributed by atoms with Crippen LogP contribution in [0.4, 0.5) is 8.78 Å². The van der Waals surface area contributed by atoms with Gasteiger partial charge in [0.2, 0.25) is 0 Å². The third-order valence-corrected chi connectivity index (χ3v) is 2.34. The highest BCUT2D eigenvalue weighted by Crippen LogP contribution is 2.15. The highest BCUT2D eigenvalue weighted by atomic mass is 19.3. The second-order valence-corrected chi connectivity index (χ2v) is 3.28. The predicted molar refractivity (Wildman–Crippen MR) is 47.2 cm³/mol. The average Bonchev–Trinajstić information content (AvgIpc) is 2.18. The molecule has 14 heavy (non-hydrogen) atoms. The van der Waals surface area contributed by atoms with Crippen LogP contribution in [-0.2, 0) is 9.53 Å². The summed E-state index contributed by atoms with van der Waals surface area (Å²) in [4.78, 5) is 12.1. The molecule has 1 saturated heterocycles. The van der Waals surface area contributed by atoms with E-state index < -0.39 is 12.3 Å². The lowest BCUT2D eigenvalue weighted by Crippen LogP contribution is -2.43. The average molecular weight is 207 g/mol. The van der Waals surface area contributed by atoms with Crippen molar-refractivity contribution in [3.05, 3.63) is 0 Å². The van der Waals surface area contributed by atoms with Crippen molar-refractivity contribution in [1.82, 2.24) is 4.90 Å². The number of hydrogen-bond acceptors (Lipinski definition) is 2. The number of amides is 1. The summed E-state index contributed by atoms with van der Waals surface area (Å²) in [5.74, 6) is -1.06. The van der Waals surface area contributed by atoms with Gasteiger partial charge in [0.25, 0.3) is 5.91 Å². The van der Waals surface area contributed by atoms with Crippen LogP contribution in [0.1, 0.15) is 19.8 Å². The van der Waals surface area contributed by atoms with Crippen molar-refractivity contribution in [3.63, 3.8) is 0 Å². The van der Waals surface area contributed by atoms with Crippen molar-refractivity contribution >= 4 is 5.91 Å². The number of carbonyl (C=O) groups is 1. The van der Waals surface area contributed by atoms with Crippen LogP contribution < -0.4 is 0 Å². The first-order valence-corrected chi connectivity index (χ1v) is 4.83. The van der Waals surface area contributed by atoms with Gasteiger partial charge in [-0.3, -0.25) is 4.79 Å². The van der Waals surface area contributed by atoms with Gasteiger partial charge >= 0.3 is 6.43 Å². The minimum Gasteiger partial charge on any atom is -0.378 e. The lowest BCUT2D eigenvalue weighted by Gasteiger charge is -2.31. The molecular formula is C9H15F2NO2. The molecule has 1 amide bonds. The van der Waals surface area contributed by atoms with Crippen molar-refractivity contribution in [2.45, 2.75) is 32.3 Å².